The van der Waals surface area contributed by atoms with Gasteiger partial charge >= 0.3 is 0 Å². The number of aromatic amines is 2. The molecule has 0 fully saturated rings. The van der Waals surface area contributed by atoms with Crippen molar-refractivity contribution in [1.82, 2.24) is 19.9 Å². The van der Waals surface area contributed by atoms with Crippen molar-refractivity contribution in [3.8, 4) is 28.0 Å². The zero-order valence-corrected chi connectivity index (χ0v) is 26.8. The quantitative estimate of drug-likeness (QED) is 0.123. The third-order valence-corrected chi connectivity index (χ3v) is 8.66. The van der Waals surface area contributed by atoms with Gasteiger partial charge in [0.05, 0.1) is 29.4 Å². The van der Waals surface area contributed by atoms with Crippen LogP contribution in [0.5, 0.6) is 5.75 Å². The molecule has 7 rings (SSSR count). The number of hydrogen-bond acceptors (Lipinski definition) is 3. The first kappa shape index (κ1) is 28.3. The van der Waals surface area contributed by atoms with Gasteiger partial charge in [-0.1, -0.05) is 50.5 Å². The minimum Gasteiger partial charge on any atom is -0.494 e. The highest BCUT2D eigenvalue weighted by molar-refractivity contribution is 14.1. The van der Waals surface area contributed by atoms with Gasteiger partial charge in [-0.25, -0.2) is 9.97 Å². The molecule has 2 aliphatic heterocycles. The fourth-order valence-corrected chi connectivity index (χ4v) is 6.09. The van der Waals surface area contributed by atoms with Crippen LogP contribution in [0.3, 0.4) is 0 Å². The molecule has 2 N–H and O–H groups in total. The Labute approximate surface area is 270 Å². The highest BCUT2D eigenvalue weighted by Gasteiger charge is 2.15. The van der Waals surface area contributed by atoms with Gasteiger partial charge in [0.2, 0.25) is 0 Å². The fraction of sp³-hybridized carbons (Fsp3) is 0.158. The summed E-state index contributed by atoms with van der Waals surface area (Å²) in [5.41, 5.74) is 11.9. The maximum absolute atomic E-state index is 6.06. The lowest BCUT2D eigenvalue weighted by molar-refractivity contribution is 0.305. The summed E-state index contributed by atoms with van der Waals surface area (Å²) in [6.45, 7) is 2.97. The van der Waals surface area contributed by atoms with Crippen LogP contribution in [0.2, 0.25) is 0 Å². The highest BCUT2D eigenvalue weighted by Crippen LogP contribution is 2.35. The second kappa shape index (κ2) is 12.7. The molecule has 5 aromatic rings. The van der Waals surface area contributed by atoms with Gasteiger partial charge in [0.15, 0.2) is 0 Å². The first-order valence-electron chi connectivity index (χ1n) is 15.2. The minimum atomic E-state index is 0.742. The molecule has 5 heterocycles. The molecule has 218 valence electrons. The van der Waals surface area contributed by atoms with Crippen molar-refractivity contribution in [2.45, 2.75) is 32.6 Å². The minimum absolute atomic E-state index is 0.742. The van der Waals surface area contributed by atoms with Crippen LogP contribution >= 0.6 is 22.6 Å². The molecule has 0 unspecified atom stereocenters. The Morgan fingerprint density at radius 3 is 1.75 bits per heavy atom. The topological polar surface area (TPSA) is 66.6 Å². The maximum Gasteiger partial charge on any atom is 0.119 e. The lowest BCUT2D eigenvalue weighted by Crippen LogP contribution is -1.97. The van der Waals surface area contributed by atoms with Gasteiger partial charge in [-0.2, -0.15) is 0 Å². The maximum atomic E-state index is 6.06. The Bertz CT molecular complexity index is 2030. The predicted octanol–water partition coefficient (Wildman–Crippen LogP) is 10.6. The van der Waals surface area contributed by atoms with Gasteiger partial charge in [-0.15, -0.1) is 0 Å². The Morgan fingerprint density at radius 1 is 0.614 bits per heavy atom. The van der Waals surface area contributed by atoms with E-state index in [9.17, 15) is 0 Å². The molecular formula is C38H33IN4O. The van der Waals surface area contributed by atoms with E-state index >= 15 is 0 Å². The van der Waals surface area contributed by atoms with Gasteiger partial charge in [0.25, 0.3) is 0 Å². The lowest BCUT2D eigenvalue weighted by Gasteiger charge is -2.08. The van der Waals surface area contributed by atoms with Crippen LogP contribution in [0.15, 0.2) is 84.9 Å². The van der Waals surface area contributed by atoms with Crippen LogP contribution in [-0.4, -0.2) is 26.5 Å². The molecule has 44 heavy (non-hydrogen) atoms. The van der Waals surface area contributed by atoms with E-state index < -0.39 is 0 Å². The number of H-pyrrole nitrogens is 2. The molecule has 2 aromatic carbocycles. The number of ether oxygens (including phenoxy) is 1. The summed E-state index contributed by atoms with van der Waals surface area (Å²) in [4.78, 5) is 17.4. The van der Waals surface area contributed by atoms with Crippen molar-refractivity contribution in [2.75, 3.05) is 6.61 Å². The lowest BCUT2D eigenvalue weighted by atomic mass is 10.0. The molecule has 0 amide bonds. The van der Waals surface area contributed by atoms with Crippen molar-refractivity contribution in [3.63, 3.8) is 0 Å². The van der Waals surface area contributed by atoms with E-state index in [1.165, 1.54) is 22.8 Å². The number of nitrogens with zero attached hydrogens (tertiary/aromatic N) is 2. The van der Waals surface area contributed by atoms with Gasteiger partial charge in [-0.3, -0.25) is 0 Å². The van der Waals surface area contributed by atoms with Crippen molar-refractivity contribution in [3.05, 3.63) is 111 Å². The van der Waals surface area contributed by atoms with E-state index in [4.69, 9.17) is 14.7 Å². The zero-order chi connectivity index (χ0) is 29.9. The number of fused-ring (bicyclic) bond motifs is 8. The van der Waals surface area contributed by atoms with Crippen molar-refractivity contribution in [1.29, 1.82) is 0 Å². The van der Waals surface area contributed by atoms with Gasteiger partial charge in [0.1, 0.15) is 5.75 Å². The molecule has 0 spiro atoms. The summed E-state index contributed by atoms with van der Waals surface area (Å²) in [7, 11) is 0. The molecule has 0 saturated carbocycles. The zero-order valence-electron chi connectivity index (χ0n) is 24.6. The summed E-state index contributed by atoms with van der Waals surface area (Å²) >= 11 is 2.35. The SMILES string of the molecule is CCCCCCOc1ccc(-c2c3nc(c(-c4ccc(I)cc4)c4ccc(cc5nc(cc6ccc2[nH]6)C=C5)[nH]4)C=C3)cc1. The number of aromatic nitrogens is 4. The molecule has 5 nitrogen and oxygen atoms in total. The highest BCUT2D eigenvalue weighted by atomic mass is 127. The predicted molar refractivity (Wildman–Crippen MR) is 192 cm³/mol. The fourth-order valence-electron chi connectivity index (χ4n) is 5.73. The van der Waals surface area contributed by atoms with Crippen molar-refractivity contribution < 1.29 is 4.74 Å². The van der Waals surface area contributed by atoms with Crippen molar-refractivity contribution >= 4 is 69.0 Å². The second-order valence-corrected chi connectivity index (χ2v) is 12.4. The first-order valence-corrected chi connectivity index (χ1v) is 16.3. The van der Waals surface area contributed by atoms with Crippen LogP contribution < -0.4 is 4.74 Å². The van der Waals surface area contributed by atoms with Crippen molar-refractivity contribution in [2.24, 2.45) is 0 Å². The molecule has 8 bridgehead atoms. The number of hydrogen-bond donors (Lipinski definition) is 2. The van der Waals surface area contributed by atoms with E-state index in [2.05, 4.69) is 137 Å². The third-order valence-electron chi connectivity index (χ3n) is 7.94. The molecule has 0 saturated heterocycles. The molecule has 0 atom stereocenters. The van der Waals surface area contributed by atoms with Crippen LogP contribution in [0.4, 0.5) is 0 Å². The number of halogens is 1. The molecule has 6 heteroatoms. The largest absolute Gasteiger partial charge is 0.494 e. The number of rotatable bonds is 8. The Balaban J connectivity index is 1.43. The monoisotopic (exact) mass is 688 g/mol. The summed E-state index contributed by atoms with van der Waals surface area (Å²) in [5.74, 6) is 0.891. The summed E-state index contributed by atoms with van der Waals surface area (Å²) in [6, 6.07) is 29.6. The van der Waals surface area contributed by atoms with E-state index in [0.717, 1.165) is 85.9 Å². The number of benzene rings is 2. The van der Waals surface area contributed by atoms with Crippen LogP contribution in [0.1, 0.15) is 55.4 Å². The van der Waals surface area contributed by atoms with E-state index in [0.29, 0.717) is 0 Å². The standard InChI is InChI=1S/C38H33IN4O/c1-2-3-4-5-22-44-32-16-8-26(9-17-32)38-34-19-15-31(42-34)24-29-13-12-28(40-29)23-30-14-18-33(41-30)37(35-20-21-36(38)43-35)25-6-10-27(39)11-7-25/h6-21,23-24,41-42H,2-5,22H2,1H3. The second-order valence-electron chi connectivity index (χ2n) is 11.1. The van der Waals surface area contributed by atoms with Gasteiger partial charge in [-0.05, 0) is 125 Å². The Morgan fingerprint density at radius 2 is 1.18 bits per heavy atom. The molecular weight excluding hydrogens is 655 g/mol. The Kier molecular flexibility index (Phi) is 8.16. The van der Waals surface area contributed by atoms with E-state index in [-0.39, 0.29) is 0 Å². The average Bonchev–Trinajstić information content (AvgIpc) is 3.86. The summed E-state index contributed by atoms with van der Waals surface area (Å²) in [6.07, 6.45) is 13.1. The van der Waals surface area contributed by atoms with Gasteiger partial charge in [0, 0.05) is 36.8 Å². The molecule has 0 aliphatic carbocycles. The summed E-state index contributed by atoms with van der Waals surface area (Å²) < 4.78 is 7.25. The smallest absolute Gasteiger partial charge is 0.119 e. The molecule has 0 radical (unpaired) electrons. The number of unbranched alkanes of at least 4 members (excludes halogenated alkanes) is 3. The van der Waals surface area contributed by atoms with Crippen LogP contribution in [0.25, 0.3) is 68.6 Å². The summed E-state index contributed by atoms with van der Waals surface area (Å²) in [5, 5.41) is 0. The number of nitrogens with one attached hydrogen (secondary N) is 2. The molecule has 2 aliphatic rings. The first-order chi connectivity index (χ1) is 21.6. The normalized spacial score (nSPS) is 12.1. The van der Waals surface area contributed by atoms with Gasteiger partial charge < -0.3 is 14.7 Å². The van der Waals surface area contributed by atoms with Crippen LogP contribution in [0, 0.1) is 3.57 Å². The average molecular weight is 689 g/mol. The van der Waals surface area contributed by atoms with Crippen LogP contribution in [-0.2, 0) is 0 Å². The van der Waals surface area contributed by atoms with E-state index in [1.54, 1.807) is 0 Å². The Hall–Kier alpha value is -4.43. The van der Waals surface area contributed by atoms with E-state index in [1.807, 2.05) is 12.2 Å². The molecule has 3 aromatic heterocycles. The third kappa shape index (κ3) is 6.13.